The third-order valence-corrected chi connectivity index (χ3v) is 2.89. The molecule has 0 spiro atoms. The van der Waals surface area contributed by atoms with Gasteiger partial charge < -0.3 is 4.90 Å². The van der Waals surface area contributed by atoms with Crippen LogP contribution < -0.4 is 0 Å². The molecular formula is C11H23N. The fourth-order valence-electron chi connectivity index (χ4n) is 2.06. The van der Waals surface area contributed by atoms with Crippen LogP contribution in [0.3, 0.4) is 0 Å². The molecule has 0 aromatic rings. The highest BCUT2D eigenvalue weighted by Crippen LogP contribution is 2.53. The summed E-state index contributed by atoms with van der Waals surface area (Å²) in [5.41, 5.74) is 0.762. The number of hydrogen-bond acceptors (Lipinski definition) is 1. The summed E-state index contributed by atoms with van der Waals surface area (Å²) in [5, 5.41) is 0. The molecule has 1 aliphatic rings. The lowest BCUT2D eigenvalue weighted by atomic mass is 9.91. The Hall–Kier alpha value is -0.0400. The highest BCUT2D eigenvalue weighted by Gasteiger charge is 2.41. The number of rotatable bonds is 5. The summed E-state index contributed by atoms with van der Waals surface area (Å²) >= 11 is 0. The molecule has 12 heavy (non-hydrogen) atoms. The summed E-state index contributed by atoms with van der Waals surface area (Å²) in [7, 11) is 4.34. The van der Waals surface area contributed by atoms with Gasteiger partial charge in [0.1, 0.15) is 0 Å². The zero-order valence-electron chi connectivity index (χ0n) is 9.06. The molecule has 0 heterocycles. The fourth-order valence-corrected chi connectivity index (χ4v) is 2.06. The first-order chi connectivity index (χ1) is 5.54. The molecule has 0 unspecified atom stereocenters. The Kier molecular flexibility index (Phi) is 3.16. The van der Waals surface area contributed by atoms with Crippen molar-refractivity contribution in [2.45, 2.75) is 39.5 Å². The van der Waals surface area contributed by atoms with Crippen molar-refractivity contribution in [1.29, 1.82) is 0 Å². The van der Waals surface area contributed by atoms with Crippen molar-refractivity contribution < 1.29 is 0 Å². The lowest BCUT2D eigenvalue weighted by Crippen LogP contribution is -2.18. The maximum Gasteiger partial charge on any atom is -0.00195 e. The van der Waals surface area contributed by atoms with Gasteiger partial charge in [0.05, 0.1) is 0 Å². The van der Waals surface area contributed by atoms with Gasteiger partial charge in [-0.05, 0) is 57.7 Å². The zero-order chi connectivity index (χ0) is 9.19. The van der Waals surface area contributed by atoms with Crippen molar-refractivity contribution in [3.8, 4) is 0 Å². The van der Waals surface area contributed by atoms with E-state index >= 15 is 0 Å². The molecule has 72 valence electrons. The van der Waals surface area contributed by atoms with Gasteiger partial charge >= 0.3 is 0 Å². The predicted molar refractivity (Wildman–Crippen MR) is 54.3 cm³/mol. The van der Waals surface area contributed by atoms with Crippen LogP contribution in [0.5, 0.6) is 0 Å². The average molecular weight is 169 g/mol. The summed E-state index contributed by atoms with van der Waals surface area (Å²) in [6.45, 7) is 5.96. The van der Waals surface area contributed by atoms with Crippen LogP contribution in [0.15, 0.2) is 0 Å². The highest BCUT2D eigenvalue weighted by atomic mass is 15.0. The van der Waals surface area contributed by atoms with Gasteiger partial charge in [-0.3, -0.25) is 0 Å². The summed E-state index contributed by atoms with van der Waals surface area (Å²) < 4.78 is 0. The van der Waals surface area contributed by atoms with Crippen LogP contribution in [-0.2, 0) is 0 Å². The van der Waals surface area contributed by atoms with Gasteiger partial charge in [-0.25, -0.2) is 0 Å². The first-order valence-corrected chi connectivity index (χ1v) is 5.19. The number of nitrogens with zero attached hydrogens (tertiary/aromatic N) is 1. The Morgan fingerprint density at radius 2 is 1.83 bits per heavy atom. The molecule has 1 aliphatic carbocycles. The van der Waals surface area contributed by atoms with Crippen LogP contribution >= 0.6 is 0 Å². The molecule has 1 nitrogen and oxygen atoms in total. The second-order valence-electron chi connectivity index (χ2n) is 5.15. The summed E-state index contributed by atoms with van der Waals surface area (Å²) in [5.74, 6) is 0.884. The minimum atomic E-state index is 0.762. The Labute approximate surface area is 77.1 Å². The third kappa shape index (κ3) is 3.14. The van der Waals surface area contributed by atoms with E-state index in [-0.39, 0.29) is 0 Å². The van der Waals surface area contributed by atoms with Crippen LogP contribution in [0.25, 0.3) is 0 Å². The quantitative estimate of drug-likeness (QED) is 0.611. The van der Waals surface area contributed by atoms with Crippen LogP contribution in [0.2, 0.25) is 0 Å². The first kappa shape index (κ1) is 10.0. The summed E-state index contributed by atoms with van der Waals surface area (Å²) in [4.78, 5) is 2.31. The highest BCUT2D eigenvalue weighted by molar-refractivity contribution is 4.93. The molecule has 1 heteroatoms. The minimum Gasteiger partial charge on any atom is -0.309 e. The molecule has 1 saturated carbocycles. The summed E-state index contributed by atoms with van der Waals surface area (Å²) in [6.07, 6.45) is 5.83. The van der Waals surface area contributed by atoms with Gasteiger partial charge in [0.25, 0.3) is 0 Å². The topological polar surface area (TPSA) is 3.24 Å². The van der Waals surface area contributed by atoms with Crippen molar-refractivity contribution in [2.75, 3.05) is 20.6 Å². The van der Waals surface area contributed by atoms with Crippen LogP contribution in [0.4, 0.5) is 0 Å². The van der Waals surface area contributed by atoms with Crippen LogP contribution in [0.1, 0.15) is 39.5 Å². The van der Waals surface area contributed by atoms with Gasteiger partial charge in [-0.15, -0.1) is 0 Å². The van der Waals surface area contributed by atoms with E-state index in [0.29, 0.717) is 0 Å². The molecule has 0 aromatic carbocycles. The van der Waals surface area contributed by atoms with E-state index in [4.69, 9.17) is 0 Å². The maximum atomic E-state index is 2.34. The molecule has 0 N–H and O–H groups in total. The molecule has 0 atom stereocenters. The molecular weight excluding hydrogens is 146 g/mol. The Bertz CT molecular complexity index is 134. The smallest absolute Gasteiger partial charge is 0.00195 e. The third-order valence-electron chi connectivity index (χ3n) is 2.89. The second-order valence-corrected chi connectivity index (χ2v) is 5.15. The van der Waals surface area contributed by atoms with Gasteiger partial charge in [-0.2, -0.15) is 0 Å². The van der Waals surface area contributed by atoms with Crippen molar-refractivity contribution in [3.05, 3.63) is 0 Å². The van der Waals surface area contributed by atoms with Crippen molar-refractivity contribution in [3.63, 3.8) is 0 Å². The standard InChI is InChI=1S/C11H23N/c1-10(2)9-11(5-6-11)7-8-12(3)4/h10H,5-9H2,1-4H3. The zero-order valence-corrected chi connectivity index (χ0v) is 9.06. The molecule has 1 fully saturated rings. The van der Waals surface area contributed by atoms with Gasteiger partial charge in [0.2, 0.25) is 0 Å². The van der Waals surface area contributed by atoms with E-state index in [9.17, 15) is 0 Å². The second kappa shape index (κ2) is 3.78. The van der Waals surface area contributed by atoms with E-state index in [1.807, 2.05) is 0 Å². The summed E-state index contributed by atoms with van der Waals surface area (Å²) in [6, 6.07) is 0. The molecule has 0 aliphatic heterocycles. The van der Waals surface area contributed by atoms with Crippen LogP contribution in [-0.4, -0.2) is 25.5 Å². The van der Waals surface area contributed by atoms with E-state index in [1.54, 1.807) is 0 Å². The van der Waals surface area contributed by atoms with E-state index < -0.39 is 0 Å². The fraction of sp³-hybridized carbons (Fsp3) is 1.00. The molecule has 0 saturated heterocycles. The van der Waals surface area contributed by atoms with E-state index in [1.165, 1.54) is 32.2 Å². The SMILES string of the molecule is CC(C)CC1(CCN(C)C)CC1. The van der Waals surface area contributed by atoms with E-state index in [2.05, 4.69) is 32.8 Å². The first-order valence-electron chi connectivity index (χ1n) is 5.19. The molecule has 1 rings (SSSR count). The average Bonchev–Trinajstić information content (AvgIpc) is 2.64. The van der Waals surface area contributed by atoms with Gasteiger partial charge in [0, 0.05) is 0 Å². The van der Waals surface area contributed by atoms with Crippen molar-refractivity contribution >= 4 is 0 Å². The molecule has 0 aromatic heterocycles. The normalized spacial score (nSPS) is 20.5. The lowest BCUT2D eigenvalue weighted by Gasteiger charge is -2.19. The van der Waals surface area contributed by atoms with E-state index in [0.717, 1.165) is 11.3 Å². The monoisotopic (exact) mass is 169 g/mol. The van der Waals surface area contributed by atoms with Crippen molar-refractivity contribution in [1.82, 2.24) is 4.90 Å². The van der Waals surface area contributed by atoms with Crippen molar-refractivity contribution in [2.24, 2.45) is 11.3 Å². The predicted octanol–water partition coefficient (Wildman–Crippen LogP) is 2.76. The Balaban J connectivity index is 2.20. The maximum absolute atomic E-state index is 2.34. The minimum absolute atomic E-state index is 0.762. The molecule has 0 amide bonds. The Morgan fingerprint density at radius 1 is 1.25 bits per heavy atom. The number of hydrogen-bond donors (Lipinski definition) is 0. The molecule has 0 bridgehead atoms. The van der Waals surface area contributed by atoms with Gasteiger partial charge in [-0.1, -0.05) is 13.8 Å². The van der Waals surface area contributed by atoms with Gasteiger partial charge in [0.15, 0.2) is 0 Å². The lowest BCUT2D eigenvalue weighted by molar-refractivity contribution is 0.301. The Morgan fingerprint density at radius 3 is 2.17 bits per heavy atom. The molecule has 0 radical (unpaired) electrons. The van der Waals surface area contributed by atoms with Crippen LogP contribution in [0, 0.1) is 11.3 Å². The largest absolute Gasteiger partial charge is 0.309 e.